The van der Waals surface area contributed by atoms with Crippen LogP contribution in [0.5, 0.6) is 0 Å². The van der Waals surface area contributed by atoms with E-state index in [0.29, 0.717) is 32.3 Å². The number of carbonyl (C=O) groups excluding carboxylic acids is 3. The maximum atomic E-state index is 12.6. The standard InChI is InChI=1S/C38H34N4O5S3/c1-37(25-39,49-35(45)29-9-5-3-6-10-29)17-13-33(43)46-23-27-15-19-41-31(21-27)32-22-28(16-20-42-32)24-47-34(44)14-18-38(2,26-40)50-36(48)30-11-7-4-8-12-30/h3-12,15-16,19-22H,13-14,17-18,23-24H2,1-2H3. The van der Waals surface area contributed by atoms with Crippen LogP contribution in [0.2, 0.25) is 0 Å². The molecule has 4 rings (SSSR count). The number of nitrogens with zero attached hydrogens (tertiary/aromatic N) is 4. The summed E-state index contributed by atoms with van der Waals surface area (Å²) in [7, 11) is 0. The molecule has 254 valence electrons. The van der Waals surface area contributed by atoms with Crippen molar-refractivity contribution in [3.05, 3.63) is 120 Å². The number of aromatic nitrogens is 2. The largest absolute Gasteiger partial charge is 0.461 e. The van der Waals surface area contributed by atoms with E-state index in [4.69, 9.17) is 21.7 Å². The molecule has 0 amide bonds. The van der Waals surface area contributed by atoms with Crippen LogP contribution in [0, 0.1) is 22.7 Å². The van der Waals surface area contributed by atoms with Crippen LogP contribution in [0.4, 0.5) is 0 Å². The lowest BCUT2D eigenvalue weighted by Gasteiger charge is -2.21. The fourth-order valence-electron chi connectivity index (χ4n) is 4.50. The minimum Gasteiger partial charge on any atom is -0.461 e. The Hall–Kier alpha value is -4.88. The molecule has 0 radical (unpaired) electrons. The fourth-order valence-corrected chi connectivity index (χ4v) is 7.01. The molecule has 2 unspecified atom stereocenters. The molecule has 0 bridgehead atoms. The van der Waals surface area contributed by atoms with Crippen LogP contribution >= 0.6 is 35.7 Å². The number of pyridine rings is 2. The second-order valence-corrected chi connectivity index (χ2v) is 15.3. The third-order valence-electron chi connectivity index (χ3n) is 7.45. The number of hydrogen-bond acceptors (Lipinski definition) is 12. The third kappa shape index (κ3) is 11.6. The quantitative estimate of drug-likeness (QED) is 0.0865. The molecule has 0 aliphatic heterocycles. The predicted octanol–water partition coefficient (Wildman–Crippen LogP) is 8.04. The van der Waals surface area contributed by atoms with Gasteiger partial charge in [0.15, 0.2) is 0 Å². The lowest BCUT2D eigenvalue weighted by Crippen LogP contribution is -2.22. The lowest BCUT2D eigenvalue weighted by atomic mass is 10.1. The Morgan fingerprint density at radius 1 is 0.700 bits per heavy atom. The number of esters is 2. The van der Waals surface area contributed by atoms with E-state index in [0.717, 1.165) is 17.3 Å². The first kappa shape index (κ1) is 37.9. The van der Waals surface area contributed by atoms with Crippen LogP contribution in [0.25, 0.3) is 11.4 Å². The first-order valence-corrected chi connectivity index (χ1v) is 17.7. The molecule has 2 aromatic heterocycles. The number of carbonyl (C=O) groups is 3. The van der Waals surface area contributed by atoms with Crippen LogP contribution in [0.1, 0.15) is 66.6 Å². The van der Waals surface area contributed by atoms with E-state index in [1.54, 1.807) is 74.8 Å². The molecule has 4 aromatic rings. The summed E-state index contributed by atoms with van der Waals surface area (Å²) in [6.45, 7) is 3.40. The second-order valence-electron chi connectivity index (χ2n) is 11.6. The molecule has 0 saturated carbocycles. The zero-order valence-electron chi connectivity index (χ0n) is 27.5. The molecule has 0 saturated heterocycles. The summed E-state index contributed by atoms with van der Waals surface area (Å²) < 4.78 is 9.57. The molecular formula is C38H34N4O5S3. The van der Waals surface area contributed by atoms with Gasteiger partial charge in [0.1, 0.15) is 22.7 Å². The maximum Gasteiger partial charge on any atom is 0.306 e. The smallest absolute Gasteiger partial charge is 0.306 e. The van der Waals surface area contributed by atoms with Crippen LogP contribution < -0.4 is 0 Å². The minimum atomic E-state index is -1.09. The molecule has 9 nitrogen and oxygen atoms in total. The van der Waals surface area contributed by atoms with E-state index in [2.05, 4.69) is 22.1 Å². The highest BCUT2D eigenvalue weighted by molar-refractivity contribution is 8.24. The number of ether oxygens (including phenoxy) is 2. The molecule has 0 aliphatic carbocycles. The van der Waals surface area contributed by atoms with Crippen molar-refractivity contribution in [1.82, 2.24) is 9.97 Å². The Morgan fingerprint density at radius 2 is 1.14 bits per heavy atom. The van der Waals surface area contributed by atoms with E-state index in [1.807, 2.05) is 36.4 Å². The normalized spacial score (nSPS) is 13.0. The van der Waals surface area contributed by atoms with Crippen LogP contribution in [-0.4, -0.2) is 40.7 Å². The van der Waals surface area contributed by atoms with Crippen LogP contribution in [0.3, 0.4) is 0 Å². The number of rotatable bonds is 15. The highest BCUT2D eigenvalue weighted by Gasteiger charge is 2.30. The van der Waals surface area contributed by atoms with Crippen molar-refractivity contribution in [2.24, 2.45) is 0 Å². The Kier molecular flexibility index (Phi) is 13.8. The maximum absolute atomic E-state index is 12.6. The van der Waals surface area contributed by atoms with Crippen LogP contribution in [0.15, 0.2) is 97.3 Å². The van der Waals surface area contributed by atoms with Gasteiger partial charge in [-0.05, 0) is 67.6 Å². The summed E-state index contributed by atoms with van der Waals surface area (Å²) in [5.41, 5.74) is 3.81. The molecular weight excluding hydrogens is 689 g/mol. The van der Waals surface area contributed by atoms with Crippen molar-refractivity contribution >= 4 is 57.0 Å². The van der Waals surface area contributed by atoms with E-state index >= 15 is 0 Å². The van der Waals surface area contributed by atoms with E-state index in [1.165, 1.54) is 11.8 Å². The van der Waals surface area contributed by atoms with Gasteiger partial charge in [-0.1, -0.05) is 96.4 Å². The summed E-state index contributed by atoms with van der Waals surface area (Å²) in [6, 6.07) is 29.5. The van der Waals surface area contributed by atoms with Gasteiger partial charge in [-0.3, -0.25) is 24.4 Å². The monoisotopic (exact) mass is 722 g/mol. The van der Waals surface area contributed by atoms with Crippen molar-refractivity contribution in [3.63, 3.8) is 0 Å². The number of nitriles is 2. The summed E-state index contributed by atoms with van der Waals surface area (Å²) in [4.78, 5) is 46.6. The number of thioether (sulfide) groups is 2. The van der Waals surface area contributed by atoms with Gasteiger partial charge >= 0.3 is 11.9 Å². The van der Waals surface area contributed by atoms with Crippen molar-refractivity contribution in [3.8, 4) is 23.5 Å². The topological polar surface area (TPSA) is 143 Å². The Labute approximate surface area is 305 Å². The van der Waals surface area contributed by atoms with Gasteiger partial charge in [0, 0.05) is 30.8 Å². The summed E-state index contributed by atoms with van der Waals surface area (Å²) in [5, 5.41) is 19.3. The number of thiocarbonyl (C=S) groups is 1. The highest BCUT2D eigenvalue weighted by Crippen LogP contribution is 2.34. The van der Waals surface area contributed by atoms with Crippen molar-refractivity contribution in [1.29, 1.82) is 10.5 Å². The van der Waals surface area contributed by atoms with Gasteiger partial charge < -0.3 is 9.47 Å². The number of benzene rings is 2. The Morgan fingerprint density at radius 3 is 1.60 bits per heavy atom. The molecule has 12 heteroatoms. The second kappa shape index (κ2) is 18.2. The summed E-state index contributed by atoms with van der Waals surface area (Å²) in [5.74, 6) is -0.929. The van der Waals surface area contributed by atoms with Gasteiger partial charge in [0.2, 0.25) is 5.12 Å². The molecule has 0 N–H and O–H groups in total. The molecule has 2 heterocycles. The third-order valence-corrected chi connectivity index (χ3v) is 10.3. The van der Waals surface area contributed by atoms with Gasteiger partial charge in [-0.25, -0.2) is 0 Å². The number of hydrogen-bond donors (Lipinski definition) is 0. The van der Waals surface area contributed by atoms with Gasteiger partial charge in [-0.15, -0.1) is 0 Å². The highest BCUT2D eigenvalue weighted by atomic mass is 32.2. The average Bonchev–Trinajstić information content (AvgIpc) is 3.15. The molecule has 50 heavy (non-hydrogen) atoms. The van der Waals surface area contributed by atoms with Crippen molar-refractivity contribution < 1.29 is 23.9 Å². The first-order valence-electron chi connectivity index (χ1n) is 15.6. The minimum absolute atomic E-state index is 0.0129. The van der Waals surface area contributed by atoms with Gasteiger partial charge in [-0.2, -0.15) is 10.5 Å². The first-order chi connectivity index (χ1) is 24.0. The molecule has 0 fully saturated rings. The summed E-state index contributed by atoms with van der Waals surface area (Å²) >= 11 is 7.67. The van der Waals surface area contributed by atoms with E-state index in [9.17, 15) is 24.9 Å². The average molecular weight is 723 g/mol. The fraction of sp³-hybridized carbons (Fsp3) is 0.263. The van der Waals surface area contributed by atoms with Gasteiger partial charge in [0.05, 0.1) is 27.7 Å². The SMILES string of the molecule is CC(C#N)(CCC(=O)OCc1ccnc(-c2cc(COC(=O)CCC(C)(C#N)SC(=S)c3ccccc3)ccn2)c1)SC(=O)c1ccccc1. The van der Waals surface area contributed by atoms with E-state index in [-0.39, 0.29) is 44.0 Å². The predicted molar refractivity (Wildman–Crippen MR) is 198 cm³/mol. The Balaban J connectivity index is 1.25. The lowest BCUT2D eigenvalue weighted by molar-refractivity contribution is -0.146. The van der Waals surface area contributed by atoms with Crippen molar-refractivity contribution in [2.75, 3.05) is 0 Å². The molecule has 0 spiro atoms. The zero-order valence-corrected chi connectivity index (χ0v) is 30.0. The molecule has 2 aromatic carbocycles. The van der Waals surface area contributed by atoms with Crippen molar-refractivity contribution in [2.45, 2.75) is 62.2 Å². The Bertz CT molecular complexity index is 1770. The van der Waals surface area contributed by atoms with E-state index < -0.39 is 21.4 Å². The molecule has 0 aliphatic rings. The summed E-state index contributed by atoms with van der Waals surface area (Å²) in [6.07, 6.45) is 3.61. The zero-order chi connectivity index (χ0) is 36.0. The van der Waals surface area contributed by atoms with Gasteiger partial charge in [0.25, 0.3) is 0 Å². The van der Waals surface area contributed by atoms with Crippen LogP contribution in [-0.2, 0) is 32.3 Å². The molecule has 2 atom stereocenters.